The standard InChI is InChI=1S/C12H16BrNO/c1-3-8-7-12(8,14)9-4-5-11(15-2)10(13)6-9/h4-6,8H,3,7,14H2,1-2H3. The highest BCUT2D eigenvalue weighted by molar-refractivity contribution is 9.10. The van der Waals surface area contributed by atoms with E-state index in [1.54, 1.807) is 7.11 Å². The Kier molecular flexibility index (Phi) is 2.77. The first-order valence-corrected chi connectivity index (χ1v) is 6.04. The maximum absolute atomic E-state index is 6.32. The van der Waals surface area contributed by atoms with Crippen molar-refractivity contribution in [2.45, 2.75) is 25.3 Å². The second-order valence-corrected chi connectivity index (χ2v) is 5.05. The van der Waals surface area contributed by atoms with E-state index in [9.17, 15) is 0 Å². The van der Waals surface area contributed by atoms with Gasteiger partial charge in [-0.3, -0.25) is 0 Å². The summed E-state index contributed by atoms with van der Waals surface area (Å²) >= 11 is 3.49. The lowest BCUT2D eigenvalue weighted by Gasteiger charge is -2.13. The summed E-state index contributed by atoms with van der Waals surface area (Å²) in [5.74, 6) is 1.49. The third-order valence-electron chi connectivity index (χ3n) is 3.33. The molecule has 0 spiro atoms. The number of benzene rings is 1. The smallest absolute Gasteiger partial charge is 0.133 e. The molecule has 15 heavy (non-hydrogen) atoms. The first-order valence-electron chi connectivity index (χ1n) is 5.24. The van der Waals surface area contributed by atoms with E-state index in [1.165, 1.54) is 5.56 Å². The maximum Gasteiger partial charge on any atom is 0.133 e. The number of methoxy groups -OCH3 is 1. The van der Waals surface area contributed by atoms with Gasteiger partial charge in [0, 0.05) is 5.54 Å². The highest BCUT2D eigenvalue weighted by atomic mass is 79.9. The van der Waals surface area contributed by atoms with Crippen molar-refractivity contribution in [2.24, 2.45) is 11.7 Å². The first-order chi connectivity index (χ1) is 7.11. The van der Waals surface area contributed by atoms with Crippen LogP contribution in [0.15, 0.2) is 22.7 Å². The third kappa shape index (κ3) is 1.79. The van der Waals surface area contributed by atoms with E-state index in [0.29, 0.717) is 5.92 Å². The lowest BCUT2D eigenvalue weighted by Crippen LogP contribution is -2.21. The number of rotatable bonds is 3. The predicted octanol–water partition coefficient (Wildman–Crippen LogP) is 3.04. The molecule has 1 aliphatic rings. The Balaban J connectivity index is 2.28. The average molecular weight is 270 g/mol. The van der Waals surface area contributed by atoms with E-state index in [4.69, 9.17) is 10.5 Å². The summed E-state index contributed by atoms with van der Waals surface area (Å²) in [6.07, 6.45) is 2.25. The minimum absolute atomic E-state index is 0.0937. The van der Waals surface area contributed by atoms with Crippen LogP contribution in [0.5, 0.6) is 5.75 Å². The second kappa shape index (κ2) is 3.80. The van der Waals surface area contributed by atoms with Crippen LogP contribution in [0, 0.1) is 5.92 Å². The van der Waals surface area contributed by atoms with Gasteiger partial charge in [-0.15, -0.1) is 0 Å². The van der Waals surface area contributed by atoms with Crippen LogP contribution >= 0.6 is 15.9 Å². The molecule has 2 atom stereocenters. The molecule has 0 bridgehead atoms. The third-order valence-corrected chi connectivity index (χ3v) is 3.95. The highest BCUT2D eigenvalue weighted by Crippen LogP contribution is 2.52. The van der Waals surface area contributed by atoms with Crippen molar-refractivity contribution in [2.75, 3.05) is 7.11 Å². The van der Waals surface area contributed by atoms with Gasteiger partial charge in [-0.05, 0) is 46.0 Å². The van der Waals surface area contributed by atoms with Gasteiger partial charge in [-0.1, -0.05) is 19.4 Å². The molecule has 0 heterocycles. The van der Waals surface area contributed by atoms with Crippen molar-refractivity contribution < 1.29 is 4.74 Å². The Hall–Kier alpha value is -0.540. The SMILES string of the molecule is CCC1CC1(N)c1ccc(OC)c(Br)c1. The quantitative estimate of drug-likeness (QED) is 0.916. The molecule has 0 aliphatic heterocycles. The van der Waals surface area contributed by atoms with Gasteiger partial charge in [-0.2, -0.15) is 0 Å². The van der Waals surface area contributed by atoms with Crippen LogP contribution in [0.3, 0.4) is 0 Å². The molecule has 2 rings (SSSR count). The molecule has 0 aromatic heterocycles. The van der Waals surface area contributed by atoms with Crippen molar-refractivity contribution in [3.05, 3.63) is 28.2 Å². The zero-order valence-corrected chi connectivity index (χ0v) is 10.7. The summed E-state index contributed by atoms with van der Waals surface area (Å²) in [6, 6.07) is 6.12. The topological polar surface area (TPSA) is 35.2 Å². The van der Waals surface area contributed by atoms with Gasteiger partial charge in [0.05, 0.1) is 11.6 Å². The van der Waals surface area contributed by atoms with Gasteiger partial charge < -0.3 is 10.5 Å². The van der Waals surface area contributed by atoms with E-state index in [0.717, 1.165) is 23.1 Å². The van der Waals surface area contributed by atoms with Gasteiger partial charge in [-0.25, -0.2) is 0 Å². The van der Waals surface area contributed by atoms with E-state index in [2.05, 4.69) is 35.0 Å². The first kappa shape index (κ1) is 11.0. The molecular weight excluding hydrogens is 254 g/mol. The fourth-order valence-corrected chi connectivity index (χ4v) is 2.71. The summed E-state index contributed by atoms with van der Waals surface area (Å²) in [5.41, 5.74) is 7.44. The number of nitrogens with two attached hydrogens (primary N) is 1. The minimum atomic E-state index is -0.0937. The molecule has 3 heteroatoms. The summed E-state index contributed by atoms with van der Waals surface area (Å²) in [6.45, 7) is 2.19. The molecule has 1 fully saturated rings. The second-order valence-electron chi connectivity index (χ2n) is 4.20. The molecule has 2 unspecified atom stereocenters. The van der Waals surface area contributed by atoms with Gasteiger partial charge >= 0.3 is 0 Å². The minimum Gasteiger partial charge on any atom is -0.496 e. The van der Waals surface area contributed by atoms with E-state index < -0.39 is 0 Å². The number of hydrogen-bond acceptors (Lipinski definition) is 2. The molecular formula is C12H16BrNO. The van der Waals surface area contributed by atoms with Gasteiger partial charge in [0.2, 0.25) is 0 Å². The Bertz CT molecular complexity index is 380. The molecule has 0 radical (unpaired) electrons. The predicted molar refractivity (Wildman–Crippen MR) is 65.0 cm³/mol. The summed E-state index contributed by atoms with van der Waals surface area (Å²) < 4.78 is 6.18. The van der Waals surface area contributed by atoms with Gasteiger partial charge in [0.25, 0.3) is 0 Å². The van der Waals surface area contributed by atoms with Crippen LogP contribution in [-0.2, 0) is 5.54 Å². The Labute approximate surface area is 98.9 Å². The molecule has 2 N–H and O–H groups in total. The van der Waals surface area contributed by atoms with Crippen molar-refractivity contribution in [1.82, 2.24) is 0 Å². The Morgan fingerprint density at radius 3 is 2.80 bits per heavy atom. The summed E-state index contributed by atoms with van der Waals surface area (Å²) in [7, 11) is 1.67. The summed E-state index contributed by atoms with van der Waals surface area (Å²) in [5, 5.41) is 0. The molecule has 2 nitrogen and oxygen atoms in total. The van der Waals surface area contributed by atoms with E-state index in [1.807, 2.05) is 6.07 Å². The molecule has 1 saturated carbocycles. The van der Waals surface area contributed by atoms with Gasteiger partial charge in [0.1, 0.15) is 5.75 Å². The number of hydrogen-bond donors (Lipinski definition) is 1. The van der Waals surface area contributed by atoms with Crippen LogP contribution in [0.25, 0.3) is 0 Å². The van der Waals surface area contributed by atoms with E-state index >= 15 is 0 Å². The van der Waals surface area contributed by atoms with Crippen LogP contribution in [0.1, 0.15) is 25.3 Å². The van der Waals surface area contributed by atoms with Crippen molar-refractivity contribution in [3.63, 3.8) is 0 Å². The fraction of sp³-hybridized carbons (Fsp3) is 0.500. The Morgan fingerprint density at radius 1 is 1.60 bits per heavy atom. The van der Waals surface area contributed by atoms with Crippen LogP contribution in [0.4, 0.5) is 0 Å². The molecule has 1 aliphatic carbocycles. The van der Waals surface area contributed by atoms with Crippen LogP contribution in [-0.4, -0.2) is 7.11 Å². The van der Waals surface area contributed by atoms with Crippen molar-refractivity contribution in [1.29, 1.82) is 0 Å². The van der Waals surface area contributed by atoms with Gasteiger partial charge in [0.15, 0.2) is 0 Å². The Morgan fingerprint density at radius 2 is 2.33 bits per heavy atom. The molecule has 1 aromatic rings. The van der Waals surface area contributed by atoms with Crippen molar-refractivity contribution >= 4 is 15.9 Å². The number of ether oxygens (including phenoxy) is 1. The number of halogens is 1. The molecule has 0 amide bonds. The van der Waals surface area contributed by atoms with E-state index in [-0.39, 0.29) is 5.54 Å². The largest absolute Gasteiger partial charge is 0.496 e. The molecule has 82 valence electrons. The highest BCUT2D eigenvalue weighted by Gasteiger charge is 2.50. The molecule has 1 aromatic carbocycles. The van der Waals surface area contributed by atoms with Crippen LogP contribution < -0.4 is 10.5 Å². The summed E-state index contributed by atoms with van der Waals surface area (Å²) in [4.78, 5) is 0. The maximum atomic E-state index is 6.32. The lowest BCUT2D eigenvalue weighted by atomic mass is 10.0. The monoisotopic (exact) mass is 269 g/mol. The fourth-order valence-electron chi connectivity index (χ4n) is 2.17. The zero-order chi connectivity index (χ0) is 11.1. The average Bonchev–Trinajstić information content (AvgIpc) is 2.91. The zero-order valence-electron chi connectivity index (χ0n) is 9.09. The van der Waals surface area contributed by atoms with Crippen molar-refractivity contribution in [3.8, 4) is 5.75 Å². The van der Waals surface area contributed by atoms with Crippen LogP contribution in [0.2, 0.25) is 0 Å². The normalized spacial score (nSPS) is 28.9. The lowest BCUT2D eigenvalue weighted by molar-refractivity contribution is 0.411. The molecule has 0 saturated heterocycles.